The third-order valence-corrected chi connectivity index (χ3v) is 2.24. The molecule has 12 heavy (non-hydrogen) atoms. The van der Waals surface area contributed by atoms with Gasteiger partial charge < -0.3 is 9.88 Å². The van der Waals surface area contributed by atoms with Crippen molar-refractivity contribution in [3.63, 3.8) is 0 Å². The minimum Gasteiger partial charge on any atom is -0.330 e. The molecule has 0 atom stereocenters. The van der Waals surface area contributed by atoms with E-state index in [-0.39, 0.29) is 0 Å². The third kappa shape index (κ3) is 1.50. The zero-order valence-electron chi connectivity index (χ0n) is 7.45. The van der Waals surface area contributed by atoms with Crippen molar-refractivity contribution in [2.24, 2.45) is 0 Å². The molecule has 66 valence electrons. The Morgan fingerprint density at radius 3 is 3.17 bits per heavy atom. The molecule has 1 saturated carbocycles. The summed E-state index contributed by atoms with van der Waals surface area (Å²) >= 11 is 0. The molecule has 1 N–H and O–H groups in total. The molecule has 0 unspecified atom stereocenters. The highest BCUT2D eigenvalue weighted by molar-refractivity contribution is 5.02. The summed E-state index contributed by atoms with van der Waals surface area (Å²) in [5.41, 5.74) is 1.32. The highest BCUT2D eigenvalue weighted by Gasteiger charge is 2.24. The van der Waals surface area contributed by atoms with E-state index in [1.165, 1.54) is 18.5 Å². The predicted molar refractivity (Wildman–Crippen MR) is 47.9 cm³/mol. The Hall–Kier alpha value is -0.830. The van der Waals surface area contributed by atoms with Crippen LogP contribution in [0.15, 0.2) is 12.5 Å². The molecule has 0 bridgehead atoms. The van der Waals surface area contributed by atoms with E-state index in [0.29, 0.717) is 0 Å². The molecule has 1 aliphatic rings. The first-order valence-electron chi connectivity index (χ1n) is 4.63. The van der Waals surface area contributed by atoms with E-state index in [9.17, 15) is 0 Å². The Morgan fingerprint density at radius 1 is 1.67 bits per heavy atom. The molecule has 0 aliphatic heterocycles. The molecule has 1 fully saturated rings. The lowest BCUT2D eigenvalue weighted by Crippen LogP contribution is -2.14. The van der Waals surface area contributed by atoms with Crippen LogP contribution < -0.4 is 5.32 Å². The van der Waals surface area contributed by atoms with Gasteiger partial charge >= 0.3 is 0 Å². The van der Waals surface area contributed by atoms with Gasteiger partial charge in [-0.05, 0) is 19.4 Å². The maximum atomic E-state index is 4.16. The normalized spacial score (nSPS) is 16.8. The first-order valence-corrected chi connectivity index (χ1v) is 4.63. The lowest BCUT2D eigenvalue weighted by atomic mass is 10.4. The fourth-order valence-corrected chi connectivity index (χ4v) is 1.40. The van der Waals surface area contributed by atoms with Gasteiger partial charge in [0.05, 0.1) is 12.0 Å². The summed E-state index contributed by atoms with van der Waals surface area (Å²) in [6.07, 6.45) is 6.57. The van der Waals surface area contributed by atoms with E-state index in [2.05, 4.69) is 21.8 Å². The first-order chi connectivity index (χ1) is 5.92. The number of nitrogens with zero attached hydrogens (tertiary/aromatic N) is 2. The Bertz CT molecular complexity index is 250. The van der Waals surface area contributed by atoms with Gasteiger partial charge in [-0.2, -0.15) is 0 Å². The largest absolute Gasteiger partial charge is 0.330 e. The quantitative estimate of drug-likeness (QED) is 0.729. The highest BCUT2D eigenvalue weighted by atomic mass is 15.1. The first kappa shape index (κ1) is 7.80. The van der Waals surface area contributed by atoms with Crippen LogP contribution in [0.3, 0.4) is 0 Å². The van der Waals surface area contributed by atoms with Crippen LogP contribution in [0, 0.1) is 0 Å². The van der Waals surface area contributed by atoms with Gasteiger partial charge in [-0.25, -0.2) is 4.98 Å². The molecule has 2 rings (SSSR count). The zero-order valence-corrected chi connectivity index (χ0v) is 7.45. The SMILES string of the molecule is CCNCc1cncn1C1CC1. The molecule has 3 heteroatoms. The fraction of sp³-hybridized carbons (Fsp3) is 0.667. The van der Waals surface area contributed by atoms with E-state index in [1.54, 1.807) is 0 Å². The van der Waals surface area contributed by atoms with Crippen molar-refractivity contribution in [1.82, 2.24) is 14.9 Å². The lowest BCUT2D eigenvalue weighted by Gasteiger charge is -2.05. The zero-order chi connectivity index (χ0) is 8.39. The Morgan fingerprint density at radius 2 is 2.50 bits per heavy atom. The van der Waals surface area contributed by atoms with E-state index in [4.69, 9.17) is 0 Å². The average molecular weight is 165 g/mol. The number of hydrogen-bond acceptors (Lipinski definition) is 2. The number of hydrogen-bond donors (Lipinski definition) is 1. The summed E-state index contributed by atoms with van der Waals surface area (Å²) in [6.45, 7) is 4.10. The van der Waals surface area contributed by atoms with Crippen molar-refractivity contribution in [2.75, 3.05) is 6.54 Å². The topological polar surface area (TPSA) is 29.9 Å². The molecule has 0 aromatic carbocycles. The van der Waals surface area contributed by atoms with Crippen LogP contribution >= 0.6 is 0 Å². The molecule has 1 aliphatic carbocycles. The molecular weight excluding hydrogens is 150 g/mol. The minimum atomic E-state index is 0.751. The number of rotatable bonds is 4. The smallest absolute Gasteiger partial charge is 0.0951 e. The number of aromatic nitrogens is 2. The summed E-state index contributed by atoms with van der Waals surface area (Å²) < 4.78 is 2.29. The monoisotopic (exact) mass is 165 g/mol. The average Bonchev–Trinajstić information content (AvgIpc) is 2.83. The molecule has 1 heterocycles. The molecular formula is C9H15N3. The van der Waals surface area contributed by atoms with Crippen LogP contribution in [0.2, 0.25) is 0 Å². The van der Waals surface area contributed by atoms with Crippen molar-refractivity contribution in [1.29, 1.82) is 0 Å². The summed E-state index contributed by atoms with van der Waals surface area (Å²) in [4.78, 5) is 4.16. The van der Waals surface area contributed by atoms with Crippen molar-refractivity contribution in [3.05, 3.63) is 18.2 Å². The second-order valence-corrected chi connectivity index (χ2v) is 3.30. The Labute approximate surface area is 72.8 Å². The number of imidazole rings is 1. The van der Waals surface area contributed by atoms with Gasteiger partial charge in [0.1, 0.15) is 0 Å². The van der Waals surface area contributed by atoms with Crippen LogP contribution in [-0.2, 0) is 6.54 Å². The van der Waals surface area contributed by atoms with Crippen molar-refractivity contribution in [3.8, 4) is 0 Å². The van der Waals surface area contributed by atoms with Gasteiger partial charge in [0.25, 0.3) is 0 Å². The molecule has 0 radical (unpaired) electrons. The van der Waals surface area contributed by atoms with Crippen molar-refractivity contribution in [2.45, 2.75) is 32.4 Å². The lowest BCUT2D eigenvalue weighted by molar-refractivity contribution is 0.636. The minimum absolute atomic E-state index is 0.751. The van der Waals surface area contributed by atoms with Crippen LogP contribution in [0.1, 0.15) is 31.5 Å². The van der Waals surface area contributed by atoms with Gasteiger partial charge in [-0.15, -0.1) is 0 Å². The Kier molecular flexibility index (Phi) is 2.13. The van der Waals surface area contributed by atoms with Crippen molar-refractivity contribution >= 4 is 0 Å². The maximum absolute atomic E-state index is 4.16. The van der Waals surface area contributed by atoms with Gasteiger partial charge in [0.2, 0.25) is 0 Å². The summed E-state index contributed by atoms with van der Waals surface area (Å²) in [7, 11) is 0. The van der Waals surface area contributed by atoms with Gasteiger partial charge in [0.15, 0.2) is 0 Å². The highest BCUT2D eigenvalue weighted by Crippen LogP contribution is 2.35. The second kappa shape index (κ2) is 3.27. The Balaban J connectivity index is 2.03. The van der Waals surface area contributed by atoms with Crippen LogP contribution in [0.4, 0.5) is 0 Å². The van der Waals surface area contributed by atoms with E-state index in [1.807, 2.05) is 12.5 Å². The van der Waals surface area contributed by atoms with Crippen molar-refractivity contribution < 1.29 is 0 Å². The molecule has 3 nitrogen and oxygen atoms in total. The summed E-state index contributed by atoms with van der Waals surface area (Å²) in [5, 5.41) is 3.31. The maximum Gasteiger partial charge on any atom is 0.0951 e. The van der Waals surface area contributed by atoms with E-state index >= 15 is 0 Å². The van der Waals surface area contributed by atoms with Gasteiger partial charge in [-0.1, -0.05) is 6.92 Å². The van der Waals surface area contributed by atoms with Crippen LogP contribution in [0.5, 0.6) is 0 Å². The summed E-state index contributed by atoms with van der Waals surface area (Å²) in [6, 6.07) is 0.751. The van der Waals surface area contributed by atoms with Gasteiger partial charge in [0, 0.05) is 18.8 Å². The molecule has 0 saturated heterocycles. The fourth-order valence-electron chi connectivity index (χ4n) is 1.40. The van der Waals surface area contributed by atoms with Crippen LogP contribution in [0.25, 0.3) is 0 Å². The summed E-state index contributed by atoms with van der Waals surface area (Å²) in [5.74, 6) is 0. The third-order valence-electron chi connectivity index (χ3n) is 2.24. The van der Waals surface area contributed by atoms with Crippen LogP contribution in [-0.4, -0.2) is 16.1 Å². The van der Waals surface area contributed by atoms with Gasteiger partial charge in [-0.3, -0.25) is 0 Å². The van der Waals surface area contributed by atoms with E-state index in [0.717, 1.165) is 19.1 Å². The number of nitrogens with one attached hydrogen (secondary N) is 1. The predicted octanol–water partition coefficient (Wildman–Crippen LogP) is 1.33. The molecule has 0 spiro atoms. The second-order valence-electron chi connectivity index (χ2n) is 3.30. The molecule has 1 aromatic rings. The molecule has 1 aromatic heterocycles. The molecule has 0 amide bonds. The standard InChI is InChI=1S/C9H15N3/c1-2-10-5-9-6-11-7-12(9)8-3-4-8/h6-8,10H,2-5H2,1H3. The van der Waals surface area contributed by atoms with E-state index < -0.39 is 0 Å².